The predicted octanol–water partition coefficient (Wildman–Crippen LogP) is 3.36. The summed E-state index contributed by atoms with van der Waals surface area (Å²) in [6.07, 6.45) is 4.74. The van der Waals surface area contributed by atoms with E-state index in [1.807, 2.05) is 31.3 Å². The maximum Gasteiger partial charge on any atom is 0.221 e. The third-order valence-corrected chi connectivity index (χ3v) is 6.28. The fourth-order valence-corrected chi connectivity index (χ4v) is 4.72. The molecule has 1 spiro atoms. The van der Waals surface area contributed by atoms with Gasteiger partial charge < -0.3 is 10.1 Å². The Morgan fingerprint density at radius 1 is 1.19 bits per heavy atom. The van der Waals surface area contributed by atoms with E-state index in [1.165, 1.54) is 12.5 Å². The Balaban J connectivity index is 1.28. The average Bonchev–Trinajstić information content (AvgIpc) is 2.76. The van der Waals surface area contributed by atoms with Crippen molar-refractivity contribution in [2.45, 2.75) is 45.3 Å². The van der Waals surface area contributed by atoms with Crippen molar-refractivity contribution < 1.29 is 9.53 Å². The highest BCUT2D eigenvalue weighted by atomic mass is 16.5. The van der Waals surface area contributed by atoms with Gasteiger partial charge >= 0.3 is 0 Å². The number of carbonyl (C=O) groups excluding carboxylic acids is 1. The summed E-state index contributed by atoms with van der Waals surface area (Å²) in [6.45, 7) is 6.91. The van der Waals surface area contributed by atoms with Crippen molar-refractivity contribution in [3.63, 3.8) is 0 Å². The van der Waals surface area contributed by atoms with Crippen LogP contribution in [0.1, 0.15) is 42.5 Å². The molecule has 1 aromatic carbocycles. The number of likely N-dealkylation sites (tertiary alicyclic amines) is 1. The molecule has 0 atom stereocenters. The molecule has 2 aromatic heterocycles. The van der Waals surface area contributed by atoms with Gasteiger partial charge in [-0.2, -0.15) is 0 Å². The van der Waals surface area contributed by atoms with Crippen LogP contribution in [0.4, 0.5) is 5.69 Å². The first kappa shape index (κ1) is 20.0. The fourth-order valence-electron chi connectivity index (χ4n) is 4.72. The van der Waals surface area contributed by atoms with Gasteiger partial charge in [-0.05, 0) is 56.0 Å². The number of aromatic nitrogens is 3. The number of fused-ring (bicyclic) bond motifs is 3. The first-order valence-corrected chi connectivity index (χ1v) is 10.9. The number of hydrogen-bond donors (Lipinski definition) is 1. The molecule has 4 heterocycles. The van der Waals surface area contributed by atoms with Crippen molar-refractivity contribution >= 4 is 22.5 Å². The second-order valence-electron chi connectivity index (χ2n) is 8.55. The predicted molar refractivity (Wildman–Crippen MR) is 119 cm³/mol. The van der Waals surface area contributed by atoms with E-state index >= 15 is 0 Å². The van der Waals surface area contributed by atoms with Crippen molar-refractivity contribution in [3.8, 4) is 0 Å². The minimum absolute atomic E-state index is 0.0713. The summed E-state index contributed by atoms with van der Waals surface area (Å²) >= 11 is 0. The van der Waals surface area contributed by atoms with Crippen molar-refractivity contribution in [1.29, 1.82) is 0 Å². The summed E-state index contributed by atoms with van der Waals surface area (Å²) in [5.41, 5.74) is 4.86. The zero-order chi connectivity index (χ0) is 21.4. The van der Waals surface area contributed by atoms with Crippen molar-refractivity contribution in [3.05, 3.63) is 59.3 Å². The first-order chi connectivity index (χ1) is 15.0. The van der Waals surface area contributed by atoms with Crippen LogP contribution in [0.3, 0.4) is 0 Å². The quantitative estimate of drug-likeness (QED) is 0.704. The van der Waals surface area contributed by atoms with Crippen LogP contribution >= 0.6 is 0 Å². The van der Waals surface area contributed by atoms with Crippen molar-refractivity contribution in [2.75, 3.05) is 25.0 Å². The van der Waals surface area contributed by atoms with Gasteiger partial charge in [0.15, 0.2) is 0 Å². The fraction of sp³-hybridized carbons (Fsp3) is 0.417. The SMILES string of the molecule is CC(=O)Nc1ccc2nc(CN3CCC4(CC3)OCCc3cnc(C)nc34)ccc2c1. The zero-order valence-corrected chi connectivity index (χ0v) is 18.0. The monoisotopic (exact) mass is 417 g/mol. The summed E-state index contributed by atoms with van der Waals surface area (Å²) in [4.78, 5) is 27.7. The molecule has 7 heteroatoms. The maximum atomic E-state index is 11.3. The van der Waals surface area contributed by atoms with Crippen molar-refractivity contribution in [2.24, 2.45) is 0 Å². The number of amides is 1. The van der Waals surface area contributed by atoms with E-state index in [2.05, 4.69) is 27.3 Å². The van der Waals surface area contributed by atoms with E-state index in [0.29, 0.717) is 0 Å². The normalized spacial score (nSPS) is 18.1. The molecular weight excluding hydrogens is 390 g/mol. The summed E-state index contributed by atoms with van der Waals surface area (Å²) in [7, 11) is 0. The molecule has 5 rings (SSSR count). The number of benzene rings is 1. The highest BCUT2D eigenvalue weighted by Crippen LogP contribution is 2.40. The minimum Gasteiger partial charge on any atom is -0.368 e. The third kappa shape index (κ3) is 4.03. The number of piperidine rings is 1. The van der Waals surface area contributed by atoms with Gasteiger partial charge in [0.25, 0.3) is 0 Å². The Labute approximate surface area is 181 Å². The molecule has 1 N–H and O–H groups in total. The lowest BCUT2D eigenvalue weighted by atomic mass is 9.83. The van der Waals surface area contributed by atoms with Gasteiger partial charge in [0.2, 0.25) is 5.91 Å². The van der Waals surface area contributed by atoms with Crippen LogP contribution in [0.5, 0.6) is 0 Å². The summed E-state index contributed by atoms with van der Waals surface area (Å²) < 4.78 is 6.32. The lowest BCUT2D eigenvalue weighted by molar-refractivity contribution is -0.114. The number of hydrogen-bond acceptors (Lipinski definition) is 6. The number of pyridine rings is 1. The van der Waals surface area contributed by atoms with Gasteiger partial charge in [0.1, 0.15) is 11.4 Å². The van der Waals surface area contributed by atoms with E-state index in [9.17, 15) is 4.79 Å². The van der Waals surface area contributed by atoms with Crippen LogP contribution in [0, 0.1) is 6.92 Å². The lowest BCUT2D eigenvalue weighted by Gasteiger charge is -2.44. The molecule has 0 saturated carbocycles. The van der Waals surface area contributed by atoms with Crippen LogP contribution in [-0.4, -0.2) is 45.5 Å². The smallest absolute Gasteiger partial charge is 0.221 e. The molecular formula is C24H27N5O2. The van der Waals surface area contributed by atoms with Gasteiger partial charge in [-0.25, -0.2) is 9.97 Å². The van der Waals surface area contributed by atoms with E-state index in [-0.39, 0.29) is 11.5 Å². The van der Waals surface area contributed by atoms with Gasteiger partial charge in [0.05, 0.1) is 23.5 Å². The Bertz CT molecular complexity index is 1140. The first-order valence-electron chi connectivity index (χ1n) is 10.9. The van der Waals surface area contributed by atoms with Crippen molar-refractivity contribution in [1.82, 2.24) is 19.9 Å². The largest absolute Gasteiger partial charge is 0.368 e. The highest BCUT2D eigenvalue weighted by Gasteiger charge is 2.42. The maximum absolute atomic E-state index is 11.3. The number of nitrogens with zero attached hydrogens (tertiary/aromatic N) is 4. The van der Waals surface area contributed by atoms with Gasteiger partial charge in [-0.1, -0.05) is 6.07 Å². The van der Waals surface area contributed by atoms with E-state index in [0.717, 1.165) is 79.3 Å². The second kappa shape index (κ2) is 7.98. The molecule has 1 saturated heterocycles. The molecule has 3 aromatic rings. The molecule has 0 aliphatic carbocycles. The minimum atomic E-state index is -0.269. The Hall–Kier alpha value is -2.90. The molecule has 2 aliphatic heterocycles. The van der Waals surface area contributed by atoms with Crippen LogP contribution in [0.2, 0.25) is 0 Å². The molecule has 2 aliphatic rings. The number of carbonyl (C=O) groups is 1. The van der Waals surface area contributed by atoms with Crippen LogP contribution in [-0.2, 0) is 28.1 Å². The molecule has 160 valence electrons. The van der Waals surface area contributed by atoms with Gasteiger partial charge in [0, 0.05) is 43.8 Å². The molecule has 1 fully saturated rings. The second-order valence-corrected chi connectivity index (χ2v) is 8.55. The number of anilines is 1. The summed E-state index contributed by atoms with van der Waals surface area (Å²) in [5, 5.41) is 3.84. The number of nitrogens with one attached hydrogen (secondary N) is 1. The lowest BCUT2D eigenvalue weighted by Crippen LogP contribution is -2.47. The van der Waals surface area contributed by atoms with Crippen LogP contribution in [0.25, 0.3) is 10.9 Å². The number of ether oxygens (including phenoxy) is 1. The molecule has 0 radical (unpaired) electrons. The molecule has 1 amide bonds. The topological polar surface area (TPSA) is 80.2 Å². The summed E-state index contributed by atoms with van der Waals surface area (Å²) in [6, 6.07) is 9.97. The van der Waals surface area contributed by atoms with Gasteiger partial charge in [-0.15, -0.1) is 0 Å². The summed E-state index contributed by atoms with van der Waals surface area (Å²) in [5.74, 6) is 0.742. The Morgan fingerprint density at radius 3 is 2.84 bits per heavy atom. The van der Waals surface area contributed by atoms with Crippen LogP contribution in [0.15, 0.2) is 36.5 Å². The third-order valence-electron chi connectivity index (χ3n) is 6.28. The standard InChI is InChI=1S/C24H27N5O2/c1-16-25-14-19-7-12-31-24(23(19)26-16)8-10-29(11-9-24)15-21-4-3-18-13-20(27-17(2)30)5-6-22(18)28-21/h3-6,13-14H,7-12,15H2,1-2H3,(H,27,30). The van der Waals surface area contributed by atoms with Crippen LogP contribution < -0.4 is 5.32 Å². The molecule has 7 nitrogen and oxygen atoms in total. The Kier molecular flexibility index (Phi) is 5.16. The van der Waals surface area contributed by atoms with E-state index in [4.69, 9.17) is 14.7 Å². The number of rotatable bonds is 3. The highest BCUT2D eigenvalue weighted by molar-refractivity contribution is 5.92. The number of aryl methyl sites for hydroxylation is 1. The van der Waals surface area contributed by atoms with Gasteiger partial charge in [-0.3, -0.25) is 14.7 Å². The molecule has 31 heavy (non-hydrogen) atoms. The Morgan fingerprint density at radius 2 is 2.03 bits per heavy atom. The van der Waals surface area contributed by atoms with E-state index < -0.39 is 0 Å². The average molecular weight is 418 g/mol. The molecule has 0 bridgehead atoms. The van der Waals surface area contributed by atoms with E-state index in [1.54, 1.807) is 0 Å². The zero-order valence-electron chi connectivity index (χ0n) is 18.0. The molecule has 0 unspecified atom stereocenters.